The second-order valence-corrected chi connectivity index (χ2v) is 7.34. The normalized spacial score (nSPS) is 10.6. The highest BCUT2D eigenvalue weighted by molar-refractivity contribution is 7.71. The van der Waals surface area contributed by atoms with Crippen molar-refractivity contribution < 1.29 is 4.79 Å². The average molecular weight is 428 g/mol. The standard InChI is InChI=1S/C21H22ClN5OS/c1-3-10-26-19(13-23-17-8-5-7-16(22)12-17)25-27(21(26)29)14-20(28)24-18-9-4-6-15(2)11-18/h3-9,11-12,23H,1,10,13-14H2,2H3,(H,24,28). The van der Waals surface area contributed by atoms with Crippen LogP contribution in [0.2, 0.25) is 5.02 Å². The molecule has 1 aromatic heterocycles. The average Bonchev–Trinajstić information content (AvgIpc) is 2.96. The van der Waals surface area contributed by atoms with E-state index in [2.05, 4.69) is 22.3 Å². The van der Waals surface area contributed by atoms with Gasteiger partial charge in [0.2, 0.25) is 5.91 Å². The number of nitrogens with one attached hydrogen (secondary N) is 2. The van der Waals surface area contributed by atoms with E-state index in [-0.39, 0.29) is 12.5 Å². The van der Waals surface area contributed by atoms with Crippen molar-refractivity contribution in [3.8, 4) is 0 Å². The molecule has 150 valence electrons. The van der Waals surface area contributed by atoms with Crippen molar-refractivity contribution in [1.82, 2.24) is 14.3 Å². The summed E-state index contributed by atoms with van der Waals surface area (Å²) in [5.41, 5.74) is 2.69. The van der Waals surface area contributed by atoms with Crippen LogP contribution >= 0.6 is 23.8 Å². The summed E-state index contributed by atoms with van der Waals surface area (Å²) in [5.74, 6) is 0.516. The molecule has 0 unspecified atom stereocenters. The van der Waals surface area contributed by atoms with Crippen LogP contribution in [0.1, 0.15) is 11.4 Å². The maximum Gasteiger partial charge on any atom is 0.246 e. The third-order valence-electron chi connectivity index (χ3n) is 4.18. The monoisotopic (exact) mass is 427 g/mol. The van der Waals surface area contributed by atoms with Crippen molar-refractivity contribution in [3.63, 3.8) is 0 Å². The second kappa shape index (κ2) is 9.54. The minimum absolute atomic E-state index is 0.0289. The van der Waals surface area contributed by atoms with Crippen LogP contribution in [0.3, 0.4) is 0 Å². The van der Waals surface area contributed by atoms with Gasteiger partial charge in [-0.25, -0.2) is 4.68 Å². The van der Waals surface area contributed by atoms with E-state index < -0.39 is 0 Å². The zero-order valence-electron chi connectivity index (χ0n) is 16.1. The van der Waals surface area contributed by atoms with Gasteiger partial charge in [0.15, 0.2) is 10.6 Å². The summed E-state index contributed by atoms with van der Waals surface area (Å²) < 4.78 is 3.84. The molecule has 0 aliphatic carbocycles. The van der Waals surface area contributed by atoms with Crippen molar-refractivity contribution in [2.75, 3.05) is 10.6 Å². The van der Waals surface area contributed by atoms with E-state index in [0.717, 1.165) is 16.9 Å². The molecular formula is C21H22ClN5OS. The van der Waals surface area contributed by atoms with Crippen molar-refractivity contribution in [2.45, 2.75) is 26.6 Å². The van der Waals surface area contributed by atoms with Gasteiger partial charge < -0.3 is 10.6 Å². The topological polar surface area (TPSA) is 63.9 Å². The van der Waals surface area contributed by atoms with E-state index in [0.29, 0.717) is 28.7 Å². The molecular weight excluding hydrogens is 406 g/mol. The van der Waals surface area contributed by atoms with Gasteiger partial charge in [0.25, 0.3) is 0 Å². The molecule has 0 aliphatic rings. The highest BCUT2D eigenvalue weighted by Gasteiger charge is 2.13. The number of hydrogen-bond acceptors (Lipinski definition) is 4. The van der Waals surface area contributed by atoms with Crippen LogP contribution in [0.5, 0.6) is 0 Å². The molecule has 6 nitrogen and oxygen atoms in total. The Kier molecular flexibility index (Phi) is 6.85. The van der Waals surface area contributed by atoms with Crippen LogP contribution in [-0.2, 0) is 24.4 Å². The zero-order chi connectivity index (χ0) is 20.8. The maximum absolute atomic E-state index is 12.5. The number of benzene rings is 2. The Bertz CT molecular complexity index is 1090. The lowest BCUT2D eigenvalue weighted by molar-refractivity contribution is -0.116. The highest BCUT2D eigenvalue weighted by Crippen LogP contribution is 2.16. The molecule has 1 heterocycles. The highest BCUT2D eigenvalue weighted by atomic mass is 35.5. The van der Waals surface area contributed by atoms with Crippen molar-refractivity contribution in [2.24, 2.45) is 0 Å². The van der Waals surface area contributed by atoms with Gasteiger partial charge >= 0.3 is 0 Å². The number of amides is 1. The molecule has 3 aromatic rings. The molecule has 2 N–H and O–H groups in total. The number of aryl methyl sites for hydroxylation is 1. The minimum atomic E-state index is -0.190. The molecule has 0 bridgehead atoms. The van der Waals surface area contributed by atoms with Crippen LogP contribution in [0.4, 0.5) is 11.4 Å². The van der Waals surface area contributed by atoms with Crippen LogP contribution in [-0.4, -0.2) is 20.3 Å². The number of halogens is 1. The summed E-state index contributed by atoms with van der Waals surface area (Å²) >= 11 is 11.6. The molecule has 0 spiro atoms. The molecule has 1 amide bonds. The number of allylic oxidation sites excluding steroid dienone is 1. The molecule has 3 rings (SSSR count). The number of aromatic nitrogens is 3. The molecule has 2 aromatic carbocycles. The third-order valence-corrected chi connectivity index (χ3v) is 4.85. The van der Waals surface area contributed by atoms with Gasteiger partial charge in [-0.05, 0) is 55.0 Å². The van der Waals surface area contributed by atoms with E-state index in [1.54, 1.807) is 6.08 Å². The minimum Gasteiger partial charge on any atom is -0.378 e. The molecule has 0 radical (unpaired) electrons. The van der Waals surface area contributed by atoms with E-state index in [9.17, 15) is 4.79 Å². The first kappa shape index (κ1) is 20.8. The molecule has 0 atom stereocenters. The summed E-state index contributed by atoms with van der Waals surface area (Å²) in [6.45, 7) is 6.72. The molecule has 8 heteroatoms. The van der Waals surface area contributed by atoms with Gasteiger partial charge in [-0.1, -0.05) is 35.9 Å². The number of carbonyl (C=O) groups excluding carboxylic acids is 1. The van der Waals surface area contributed by atoms with Gasteiger partial charge in [0, 0.05) is 22.9 Å². The first-order valence-electron chi connectivity index (χ1n) is 9.09. The largest absolute Gasteiger partial charge is 0.378 e. The summed E-state index contributed by atoms with van der Waals surface area (Å²) in [7, 11) is 0. The molecule has 0 fully saturated rings. The predicted octanol–water partition coefficient (Wildman–Crippen LogP) is 4.81. The molecule has 29 heavy (non-hydrogen) atoms. The third kappa shape index (κ3) is 5.56. The number of carbonyl (C=O) groups is 1. The van der Waals surface area contributed by atoms with Crippen molar-refractivity contribution in [1.29, 1.82) is 0 Å². The fraction of sp³-hybridized carbons (Fsp3) is 0.190. The SMILES string of the molecule is C=CCn1c(CNc2cccc(Cl)c2)nn(CC(=O)Nc2cccc(C)c2)c1=S. The summed E-state index contributed by atoms with van der Waals surface area (Å²) in [6, 6.07) is 15.1. The smallest absolute Gasteiger partial charge is 0.246 e. The van der Waals surface area contributed by atoms with Crippen molar-refractivity contribution in [3.05, 3.63) is 82.4 Å². The van der Waals surface area contributed by atoms with Gasteiger partial charge in [-0.2, -0.15) is 5.10 Å². The maximum atomic E-state index is 12.5. The lowest BCUT2D eigenvalue weighted by Gasteiger charge is -2.07. The lowest BCUT2D eigenvalue weighted by atomic mass is 10.2. The van der Waals surface area contributed by atoms with Gasteiger partial charge in [-0.3, -0.25) is 9.36 Å². The molecule has 0 saturated carbocycles. The van der Waals surface area contributed by atoms with Gasteiger partial charge in [-0.15, -0.1) is 6.58 Å². The Morgan fingerprint density at radius 3 is 2.72 bits per heavy atom. The van der Waals surface area contributed by atoms with Crippen LogP contribution in [0, 0.1) is 11.7 Å². The van der Waals surface area contributed by atoms with Crippen LogP contribution in [0.15, 0.2) is 61.2 Å². The van der Waals surface area contributed by atoms with Gasteiger partial charge in [0.05, 0.1) is 6.54 Å². The summed E-state index contributed by atoms with van der Waals surface area (Å²) in [4.78, 5) is 12.5. The first-order chi connectivity index (χ1) is 14.0. The molecule has 0 aliphatic heterocycles. The summed E-state index contributed by atoms with van der Waals surface area (Å²) in [6.07, 6.45) is 1.75. The second-order valence-electron chi connectivity index (χ2n) is 6.54. The van der Waals surface area contributed by atoms with E-state index in [4.69, 9.17) is 23.8 Å². The Morgan fingerprint density at radius 2 is 2.00 bits per heavy atom. The Balaban J connectivity index is 1.75. The first-order valence-corrected chi connectivity index (χ1v) is 9.88. The number of anilines is 2. The number of rotatable bonds is 8. The number of nitrogens with zero attached hydrogens (tertiary/aromatic N) is 3. The molecule has 0 saturated heterocycles. The predicted molar refractivity (Wildman–Crippen MR) is 120 cm³/mol. The lowest BCUT2D eigenvalue weighted by Crippen LogP contribution is -2.20. The fourth-order valence-corrected chi connectivity index (χ4v) is 3.35. The van der Waals surface area contributed by atoms with E-state index >= 15 is 0 Å². The van der Waals surface area contributed by atoms with Crippen LogP contribution in [0.25, 0.3) is 0 Å². The quantitative estimate of drug-likeness (QED) is 0.400. The Labute approximate surface area is 179 Å². The zero-order valence-corrected chi connectivity index (χ0v) is 17.6. The van der Waals surface area contributed by atoms with E-state index in [1.165, 1.54) is 4.68 Å². The van der Waals surface area contributed by atoms with Crippen LogP contribution < -0.4 is 10.6 Å². The summed E-state index contributed by atoms with van der Waals surface area (Å²) in [5, 5.41) is 11.3. The van der Waals surface area contributed by atoms with Crippen molar-refractivity contribution >= 4 is 41.1 Å². The Morgan fingerprint density at radius 1 is 1.24 bits per heavy atom. The Hall–Kier alpha value is -2.90. The van der Waals surface area contributed by atoms with E-state index in [1.807, 2.05) is 60.0 Å². The fourth-order valence-electron chi connectivity index (χ4n) is 2.87. The van der Waals surface area contributed by atoms with Gasteiger partial charge in [0.1, 0.15) is 6.54 Å². The number of hydrogen-bond donors (Lipinski definition) is 2.